The van der Waals surface area contributed by atoms with Crippen molar-refractivity contribution >= 4 is 5.91 Å². The van der Waals surface area contributed by atoms with Crippen LogP contribution in [0.25, 0.3) is 0 Å². The monoisotopic (exact) mass is 374 g/mol. The highest BCUT2D eigenvalue weighted by Gasteiger charge is 2.49. The Bertz CT molecular complexity index is 656. The summed E-state index contributed by atoms with van der Waals surface area (Å²) in [6, 6.07) is 6.32. The summed E-state index contributed by atoms with van der Waals surface area (Å²) >= 11 is 0. The molecule has 0 fully saturated rings. The summed E-state index contributed by atoms with van der Waals surface area (Å²) in [4.78, 5) is 13.9. The van der Waals surface area contributed by atoms with E-state index in [-0.39, 0.29) is 11.3 Å². The molecule has 0 spiro atoms. The number of nitrogens with zero attached hydrogens (tertiary/aromatic N) is 1. The molecule has 2 rings (SSSR count). The average molecular weight is 375 g/mol. The van der Waals surface area contributed by atoms with Crippen LogP contribution in [0.4, 0.5) is 0 Å². The molecule has 0 heterocycles. The van der Waals surface area contributed by atoms with Crippen molar-refractivity contribution in [2.75, 3.05) is 13.6 Å². The molecule has 1 aliphatic carbocycles. The minimum atomic E-state index is -0.234. The van der Waals surface area contributed by atoms with Crippen molar-refractivity contribution in [1.82, 2.24) is 4.90 Å². The predicted octanol–water partition coefficient (Wildman–Crippen LogP) is 4.09. The van der Waals surface area contributed by atoms with Crippen LogP contribution >= 0.6 is 0 Å². The Balaban J connectivity index is 2.51. The second-order valence-corrected chi connectivity index (χ2v) is 9.25. The number of carbonyl (C=O) groups excluding carboxylic acids is 1. The van der Waals surface area contributed by atoms with Crippen LogP contribution in [-0.4, -0.2) is 35.5 Å². The van der Waals surface area contributed by atoms with Gasteiger partial charge in [0.25, 0.3) is 0 Å². The molecule has 0 unspecified atom stereocenters. The lowest BCUT2D eigenvalue weighted by Gasteiger charge is -2.53. The maximum atomic E-state index is 11.4. The summed E-state index contributed by atoms with van der Waals surface area (Å²) < 4.78 is 0. The van der Waals surface area contributed by atoms with Crippen LogP contribution in [-0.2, 0) is 16.6 Å². The van der Waals surface area contributed by atoms with Crippen LogP contribution < -0.4 is 5.73 Å². The summed E-state index contributed by atoms with van der Waals surface area (Å²) in [5.74, 6) is 1.53. The zero-order valence-electron chi connectivity index (χ0n) is 18.0. The van der Waals surface area contributed by atoms with E-state index in [1.807, 2.05) is 12.1 Å². The van der Waals surface area contributed by atoms with E-state index in [4.69, 9.17) is 5.73 Å². The largest absolute Gasteiger partial charge is 0.508 e. The van der Waals surface area contributed by atoms with Crippen LogP contribution in [0.5, 0.6) is 5.75 Å². The quantitative estimate of drug-likeness (QED) is 0.720. The molecule has 0 saturated carbocycles. The van der Waals surface area contributed by atoms with Gasteiger partial charge in [-0.2, -0.15) is 0 Å². The van der Waals surface area contributed by atoms with Gasteiger partial charge in [-0.15, -0.1) is 0 Å². The van der Waals surface area contributed by atoms with Crippen LogP contribution in [0, 0.1) is 17.8 Å². The molecule has 1 aromatic carbocycles. The van der Waals surface area contributed by atoms with E-state index in [1.54, 1.807) is 0 Å². The average Bonchev–Trinajstić information content (AvgIpc) is 2.55. The Kier molecular flexibility index (Phi) is 6.96. The van der Waals surface area contributed by atoms with Gasteiger partial charge in [0.05, 0.1) is 0 Å². The van der Waals surface area contributed by atoms with E-state index in [9.17, 15) is 9.90 Å². The second kappa shape index (κ2) is 8.64. The highest BCUT2D eigenvalue weighted by atomic mass is 16.3. The highest BCUT2D eigenvalue weighted by molar-refractivity contribution is 5.73. The van der Waals surface area contributed by atoms with E-state index in [0.29, 0.717) is 36.0 Å². The van der Waals surface area contributed by atoms with Gasteiger partial charge < -0.3 is 15.7 Å². The lowest BCUT2D eigenvalue weighted by Crippen LogP contribution is -2.54. The van der Waals surface area contributed by atoms with Gasteiger partial charge in [-0.25, -0.2) is 0 Å². The van der Waals surface area contributed by atoms with E-state index < -0.39 is 0 Å². The summed E-state index contributed by atoms with van der Waals surface area (Å²) in [6.07, 6.45) is 3.12. The van der Waals surface area contributed by atoms with Gasteiger partial charge in [0.2, 0.25) is 5.91 Å². The fourth-order valence-electron chi connectivity index (χ4n) is 5.46. The van der Waals surface area contributed by atoms with Crippen molar-refractivity contribution in [1.29, 1.82) is 0 Å². The van der Waals surface area contributed by atoms with Gasteiger partial charge in [0, 0.05) is 24.4 Å². The number of phenolic OH excluding ortho intramolecular Hbond substituents is 1. The predicted molar refractivity (Wildman–Crippen MR) is 112 cm³/mol. The number of amides is 1. The van der Waals surface area contributed by atoms with E-state index in [0.717, 1.165) is 25.8 Å². The van der Waals surface area contributed by atoms with Crippen molar-refractivity contribution in [2.45, 2.75) is 71.8 Å². The summed E-state index contributed by atoms with van der Waals surface area (Å²) in [6.45, 7) is 12.5. The number of aromatic hydroxyl groups is 1. The van der Waals surface area contributed by atoms with E-state index >= 15 is 0 Å². The number of rotatable bonds is 8. The number of benzene rings is 1. The molecule has 0 aliphatic heterocycles. The van der Waals surface area contributed by atoms with Crippen LogP contribution in [0.3, 0.4) is 0 Å². The fraction of sp³-hybridized carbons (Fsp3) is 0.696. The summed E-state index contributed by atoms with van der Waals surface area (Å²) in [5.41, 5.74) is 7.95. The molecule has 0 radical (unpaired) electrons. The maximum Gasteiger partial charge on any atom is 0.217 e. The summed E-state index contributed by atoms with van der Waals surface area (Å²) in [5, 5.41) is 10.2. The van der Waals surface area contributed by atoms with Crippen molar-refractivity contribution in [2.24, 2.45) is 23.5 Å². The topological polar surface area (TPSA) is 66.6 Å². The van der Waals surface area contributed by atoms with Gasteiger partial charge in [0.15, 0.2) is 0 Å². The molecule has 0 bridgehead atoms. The first kappa shape index (κ1) is 21.7. The van der Waals surface area contributed by atoms with Gasteiger partial charge in [-0.1, -0.05) is 40.7 Å². The SMILES string of the molecule is CC(C)CN(C)[C@@H]1Cc2ccc(O)cc2[C@](CCCC(N)=O)(C(C)C)[C@H]1C. The highest BCUT2D eigenvalue weighted by Crippen LogP contribution is 2.51. The Labute approximate surface area is 165 Å². The smallest absolute Gasteiger partial charge is 0.217 e. The number of nitrogens with two attached hydrogens (primary N) is 1. The Morgan fingerprint density at radius 3 is 2.56 bits per heavy atom. The summed E-state index contributed by atoms with van der Waals surface area (Å²) in [7, 11) is 2.24. The van der Waals surface area contributed by atoms with Gasteiger partial charge in [-0.3, -0.25) is 4.79 Å². The Hall–Kier alpha value is -1.55. The van der Waals surface area contributed by atoms with E-state index in [2.05, 4.69) is 52.6 Å². The number of carbonyl (C=O) groups is 1. The molecule has 1 aromatic rings. The molecule has 27 heavy (non-hydrogen) atoms. The molecule has 1 amide bonds. The molecule has 0 aromatic heterocycles. The molecule has 152 valence electrons. The molecular formula is C23H38N2O2. The minimum absolute atomic E-state index is 0.0717. The first-order valence-electron chi connectivity index (χ1n) is 10.4. The van der Waals surface area contributed by atoms with Crippen molar-refractivity contribution < 1.29 is 9.90 Å². The Morgan fingerprint density at radius 2 is 2.00 bits per heavy atom. The van der Waals surface area contributed by atoms with Gasteiger partial charge in [-0.05, 0) is 67.3 Å². The fourth-order valence-corrected chi connectivity index (χ4v) is 5.46. The molecule has 1 aliphatic rings. The first-order chi connectivity index (χ1) is 12.6. The van der Waals surface area contributed by atoms with E-state index in [1.165, 1.54) is 11.1 Å². The normalized spacial score (nSPS) is 25.2. The number of hydrogen-bond donors (Lipinski definition) is 2. The second-order valence-electron chi connectivity index (χ2n) is 9.25. The van der Waals surface area contributed by atoms with Gasteiger partial charge in [0.1, 0.15) is 5.75 Å². The maximum absolute atomic E-state index is 11.4. The lowest BCUT2D eigenvalue weighted by atomic mass is 9.55. The number of phenols is 1. The third kappa shape index (κ3) is 4.48. The number of hydrogen-bond acceptors (Lipinski definition) is 3. The van der Waals surface area contributed by atoms with Gasteiger partial charge >= 0.3 is 0 Å². The van der Waals surface area contributed by atoms with Crippen LogP contribution in [0.2, 0.25) is 0 Å². The zero-order chi connectivity index (χ0) is 20.4. The minimum Gasteiger partial charge on any atom is -0.508 e. The van der Waals surface area contributed by atoms with Crippen LogP contribution in [0.1, 0.15) is 65.0 Å². The third-order valence-electron chi connectivity index (χ3n) is 6.68. The van der Waals surface area contributed by atoms with Crippen molar-refractivity contribution in [3.05, 3.63) is 29.3 Å². The standard InChI is InChI=1S/C23H38N2O2/c1-15(2)14-25(6)21-12-18-9-10-19(26)13-20(18)23(16(3)4,17(21)5)11-7-8-22(24)27/h9-10,13,15-17,21,26H,7-8,11-12,14H2,1-6H3,(H2,24,27)/t17-,21+,23+/m0/s1. The number of primary amides is 1. The molecule has 4 heteroatoms. The lowest BCUT2D eigenvalue weighted by molar-refractivity contribution is -0.118. The molecule has 4 nitrogen and oxygen atoms in total. The van der Waals surface area contributed by atoms with Crippen molar-refractivity contribution in [3.8, 4) is 5.75 Å². The molecule has 3 atom stereocenters. The number of fused-ring (bicyclic) bond motifs is 1. The Morgan fingerprint density at radius 1 is 1.33 bits per heavy atom. The van der Waals surface area contributed by atoms with Crippen molar-refractivity contribution in [3.63, 3.8) is 0 Å². The van der Waals surface area contributed by atoms with Crippen LogP contribution in [0.15, 0.2) is 18.2 Å². The molecular weight excluding hydrogens is 336 g/mol. The first-order valence-corrected chi connectivity index (χ1v) is 10.4. The molecule has 3 N–H and O–H groups in total. The zero-order valence-corrected chi connectivity index (χ0v) is 18.0. The molecule has 0 saturated heterocycles. The number of likely N-dealkylation sites (N-methyl/N-ethyl adjacent to an activating group) is 1. The third-order valence-corrected chi connectivity index (χ3v) is 6.68.